The van der Waals surface area contributed by atoms with E-state index in [-0.39, 0.29) is 12.1 Å². The lowest BCUT2D eigenvalue weighted by Crippen LogP contribution is -2.54. The topological polar surface area (TPSA) is 58.8 Å². The molecule has 2 aromatic rings. The summed E-state index contributed by atoms with van der Waals surface area (Å²) < 4.78 is 12.0. The Morgan fingerprint density at radius 1 is 1.48 bits per heavy atom. The van der Waals surface area contributed by atoms with Crippen molar-refractivity contribution < 1.29 is 13.9 Å². The predicted molar refractivity (Wildman–Crippen MR) is 101 cm³/mol. The van der Waals surface area contributed by atoms with Crippen molar-refractivity contribution in [1.29, 1.82) is 0 Å². The summed E-state index contributed by atoms with van der Waals surface area (Å²) in [6.45, 7) is 6.39. The minimum atomic E-state index is -0.243. The van der Waals surface area contributed by atoms with Crippen molar-refractivity contribution in [3.05, 3.63) is 21.6 Å². The Hall–Kier alpha value is -1.47. The maximum Gasteiger partial charge on any atom is 0.409 e. The number of carbonyl (C=O) groups excluding carboxylic acids is 1. The first kappa shape index (κ1) is 18.3. The highest BCUT2D eigenvalue weighted by atomic mass is 79.9. The van der Waals surface area contributed by atoms with Crippen LogP contribution in [0.1, 0.15) is 26.7 Å². The first-order chi connectivity index (χ1) is 12.0. The molecule has 1 amide bonds. The van der Waals surface area contributed by atoms with Gasteiger partial charge in [-0.1, -0.05) is 24.9 Å². The van der Waals surface area contributed by atoms with E-state index in [1.54, 1.807) is 17.0 Å². The summed E-state index contributed by atoms with van der Waals surface area (Å²) in [6.07, 6.45) is 1.66. The molecule has 0 bridgehead atoms. The molecular weight excluding hydrogens is 410 g/mol. The molecule has 1 saturated heterocycles. The van der Waals surface area contributed by atoms with Crippen LogP contribution in [-0.4, -0.2) is 48.3 Å². The molecule has 3 rings (SSSR count). The van der Waals surface area contributed by atoms with Gasteiger partial charge in [0.2, 0.25) is 0 Å². The number of ether oxygens (including phenoxy) is 1. The number of carbonyl (C=O) groups is 1. The lowest BCUT2D eigenvalue weighted by Gasteiger charge is -2.38. The van der Waals surface area contributed by atoms with E-state index in [4.69, 9.17) is 20.8 Å². The van der Waals surface area contributed by atoms with Gasteiger partial charge in [0.15, 0.2) is 5.58 Å². The second-order valence-electron chi connectivity index (χ2n) is 6.19. The lowest BCUT2D eigenvalue weighted by atomic mass is 10.2. The molecule has 6 nitrogen and oxygen atoms in total. The Morgan fingerprint density at radius 2 is 2.28 bits per heavy atom. The Balaban J connectivity index is 1.69. The predicted octanol–water partition coefficient (Wildman–Crippen LogP) is 4.69. The van der Waals surface area contributed by atoms with E-state index in [1.807, 2.05) is 6.92 Å². The van der Waals surface area contributed by atoms with E-state index in [2.05, 4.69) is 32.7 Å². The summed E-state index contributed by atoms with van der Waals surface area (Å²) in [5.74, 6) is 0. The molecule has 8 heteroatoms. The monoisotopic (exact) mass is 429 g/mol. The molecule has 1 atom stereocenters. The van der Waals surface area contributed by atoms with Crippen LogP contribution in [0.15, 0.2) is 21.0 Å². The number of unbranched alkanes of at least 4 members (excludes halogenated alkanes) is 1. The Labute approximate surface area is 160 Å². The van der Waals surface area contributed by atoms with E-state index in [9.17, 15) is 4.79 Å². The molecule has 0 spiro atoms. The second-order valence-corrected chi connectivity index (χ2v) is 7.48. The fourth-order valence-electron chi connectivity index (χ4n) is 2.87. The highest BCUT2D eigenvalue weighted by Gasteiger charge is 2.30. The number of hydrogen-bond acceptors (Lipinski definition) is 5. The van der Waals surface area contributed by atoms with Crippen LogP contribution in [0.5, 0.6) is 0 Å². The van der Waals surface area contributed by atoms with Crippen LogP contribution >= 0.6 is 27.5 Å². The minimum absolute atomic E-state index is 0.0785. The number of nitrogens with zero attached hydrogens (tertiary/aromatic N) is 3. The van der Waals surface area contributed by atoms with E-state index in [0.29, 0.717) is 48.4 Å². The molecule has 0 N–H and O–H groups in total. The highest BCUT2D eigenvalue weighted by Crippen LogP contribution is 2.32. The fraction of sp³-hybridized carbons (Fsp3) is 0.529. The van der Waals surface area contributed by atoms with Crippen molar-refractivity contribution >= 4 is 50.7 Å². The largest absolute Gasteiger partial charge is 0.449 e. The van der Waals surface area contributed by atoms with Crippen molar-refractivity contribution in [3.8, 4) is 0 Å². The van der Waals surface area contributed by atoms with Crippen LogP contribution < -0.4 is 4.90 Å². The number of hydrogen-bond donors (Lipinski definition) is 0. The number of halogens is 2. The first-order valence-electron chi connectivity index (χ1n) is 8.43. The van der Waals surface area contributed by atoms with E-state index in [0.717, 1.165) is 17.3 Å². The lowest BCUT2D eigenvalue weighted by molar-refractivity contribution is 0.0939. The van der Waals surface area contributed by atoms with Gasteiger partial charge in [-0.05, 0) is 41.4 Å². The van der Waals surface area contributed by atoms with Crippen LogP contribution in [0.3, 0.4) is 0 Å². The number of rotatable bonds is 4. The molecule has 25 heavy (non-hydrogen) atoms. The SMILES string of the molecule is CCCCOC(=O)N1CCN(c2nc3cc(Cl)cc(Br)c3o2)C(C)C1. The third-order valence-corrected chi connectivity index (χ3v) is 5.06. The number of anilines is 1. The van der Waals surface area contributed by atoms with Gasteiger partial charge in [0, 0.05) is 30.7 Å². The number of aromatic nitrogens is 1. The van der Waals surface area contributed by atoms with Crippen LogP contribution in [0, 0.1) is 0 Å². The number of amides is 1. The standard InChI is InChI=1S/C17H21BrClN3O3/c1-3-4-7-24-17(23)21-5-6-22(11(2)10-21)16-20-14-9-12(19)8-13(18)15(14)25-16/h8-9,11H,3-7,10H2,1-2H3. The van der Waals surface area contributed by atoms with Gasteiger partial charge in [0.05, 0.1) is 11.1 Å². The maximum absolute atomic E-state index is 12.1. The average Bonchev–Trinajstić information content (AvgIpc) is 2.98. The Morgan fingerprint density at radius 3 is 3.00 bits per heavy atom. The van der Waals surface area contributed by atoms with Crippen LogP contribution in [0.25, 0.3) is 11.1 Å². The molecular formula is C17H21BrClN3O3. The molecule has 1 fully saturated rings. The molecule has 0 saturated carbocycles. The molecule has 0 aliphatic carbocycles. The quantitative estimate of drug-likeness (QED) is 0.659. The zero-order valence-electron chi connectivity index (χ0n) is 14.3. The van der Waals surface area contributed by atoms with Gasteiger partial charge >= 0.3 is 6.09 Å². The second kappa shape index (κ2) is 7.83. The van der Waals surface area contributed by atoms with Crippen LogP contribution in [-0.2, 0) is 4.74 Å². The summed E-state index contributed by atoms with van der Waals surface area (Å²) in [5, 5.41) is 0.604. The zero-order chi connectivity index (χ0) is 18.0. The van der Waals surface area contributed by atoms with Gasteiger partial charge in [-0.25, -0.2) is 4.79 Å². The van der Waals surface area contributed by atoms with Crippen LogP contribution in [0.2, 0.25) is 5.02 Å². The molecule has 1 aliphatic rings. The first-order valence-corrected chi connectivity index (χ1v) is 9.60. The van der Waals surface area contributed by atoms with Gasteiger partial charge in [-0.2, -0.15) is 4.98 Å². The summed E-state index contributed by atoms with van der Waals surface area (Å²) in [6, 6.07) is 4.19. The van der Waals surface area contributed by atoms with Crippen LogP contribution in [0.4, 0.5) is 10.8 Å². The molecule has 0 radical (unpaired) electrons. The number of oxazole rings is 1. The molecule has 1 unspecified atom stereocenters. The van der Waals surface area contributed by atoms with Crippen molar-refractivity contribution in [2.45, 2.75) is 32.7 Å². The summed E-state index contributed by atoms with van der Waals surface area (Å²) in [7, 11) is 0. The van der Waals surface area contributed by atoms with Crippen molar-refractivity contribution in [2.75, 3.05) is 31.1 Å². The van der Waals surface area contributed by atoms with Gasteiger partial charge < -0.3 is 19.0 Å². The number of benzene rings is 1. The molecule has 2 heterocycles. The maximum atomic E-state index is 12.1. The number of piperazine rings is 1. The fourth-order valence-corrected chi connectivity index (χ4v) is 3.75. The average molecular weight is 431 g/mol. The summed E-state index contributed by atoms with van der Waals surface area (Å²) in [4.78, 5) is 20.5. The third-order valence-electron chi connectivity index (χ3n) is 4.25. The van der Waals surface area contributed by atoms with E-state index >= 15 is 0 Å². The molecule has 1 aromatic carbocycles. The Kier molecular flexibility index (Phi) is 5.74. The van der Waals surface area contributed by atoms with E-state index < -0.39 is 0 Å². The van der Waals surface area contributed by atoms with Gasteiger partial charge in [-0.3, -0.25) is 0 Å². The normalized spacial score (nSPS) is 18.0. The zero-order valence-corrected chi connectivity index (χ0v) is 16.6. The van der Waals surface area contributed by atoms with Gasteiger partial charge in [-0.15, -0.1) is 0 Å². The molecule has 1 aromatic heterocycles. The summed E-state index contributed by atoms with van der Waals surface area (Å²) in [5.41, 5.74) is 1.39. The van der Waals surface area contributed by atoms with Crippen molar-refractivity contribution in [1.82, 2.24) is 9.88 Å². The number of fused-ring (bicyclic) bond motifs is 1. The van der Waals surface area contributed by atoms with Gasteiger partial charge in [0.1, 0.15) is 5.52 Å². The molecule has 136 valence electrons. The smallest absolute Gasteiger partial charge is 0.409 e. The summed E-state index contributed by atoms with van der Waals surface area (Å²) >= 11 is 9.52. The Bertz CT molecular complexity index is 767. The van der Waals surface area contributed by atoms with Gasteiger partial charge in [0.25, 0.3) is 6.01 Å². The van der Waals surface area contributed by atoms with E-state index in [1.165, 1.54) is 0 Å². The highest BCUT2D eigenvalue weighted by molar-refractivity contribution is 9.10. The minimum Gasteiger partial charge on any atom is -0.449 e. The molecule has 1 aliphatic heterocycles. The van der Waals surface area contributed by atoms with Crippen molar-refractivity contribution in [2.24, 2.45) is 0 Å². The van der Waals surface area contributed by atoms with Crippen molar-refractivity contribution in [3.63, 3.8) is 0 Å². The third kappa shape index (κ3) is 4.03.